The van der Waals surface area contributed by atoms with Crippen LogP contribution < -0.4 is 5.32 Å². The van der Waals surface area contributed by atoms with Crippen molar-refractivity contribution in [1.82, 2.24) is 0 Å². The molecule has 1 amide bonds. The Kier molecular flexibility index (Phi) is 7.48. The van der Waals surface area contributed by atoms with Crippen LogP contribution in [0.5, 0.6) is 0 Å². The number of unbranched alkanes of at least 4 members (excludes halogenated alkanes) is 1. The molecular weight excluding hydrogens is 332 g/mol. The molecule has 0 bridgehead atoms. The minimum atomic E-state index is -0.330. The fourth-order valence-electron chi connectivity index (χ4n) is 1.81. The van der Waals surface area contributed by atoms with E-state index in [0.717, 1.165) is 29.5 Å². The van der Waals surface area contributed by atoms with Gasteiger partial charge in [0.25, 0.3) is 0 Å². The SMILES string of the molecule is CCCCOC(=O)c1ccc(NC(=O)CSC2=NCCS2)cc1. The molecule has 1 aliphatic heterocycles. The van der Waals surface area contributed by atoms with Crippen molar-refractivity contribution in [2.24, 2.45) is 4.99 Å². The van der Waals surface area contributed by atoms with Crippen molar-refractivity contribution in [1.29, 1.82) is 0 Å². The third kappa shape index (κ3) is 6.27. The first-order valence-electron chi connectivity index (χ1n) is 7.56. The number of ether oxygens (including phenoxy) is 1. The number of nitrogens with zero attached hydrogens (tertiary/aromatic N) is 1. The molecule has 0 saturated heterocycles. The van der Waals surface area contributed by atoms with Gasteiger partial charge in [0.1, 0.15) is 4.38 Å². The zero-order valence-electron chi connectivity index (χ0n) is 13.0. The zero-order chi connectivity index (χ0) is 16.5. The monoisotopic (exact) mass is 352 g/mol. The van der Waals surface area contributed by atoms with E-state index >= 15 is 0 Å². The predicted octanol–water partition coefficient (Wildman–Crippen LogP) is 3.42. The predicted molar refractivity (Wildman–Crippen MR) is 97.5 cm³/mol. The Balaban J connectivity index is 1.77. The van der Waals surface area contributed by atoms with Crippen LogP contribution in [0.25, 0.3) is 0 Å². The molecule has 1 aromatic carbocycles. The summed E-state index contributed by atoms with van der Waals surface area (Å²) in [6.45, 7) is 3.32. The van der Waals surface area contributed by atoms with Gasteiger partial charge in [-0.3, -0.25) is 9.79 Å². The minimum absolute atomic E-state index is 0.0801. The maximum absolute atomic E-state index is 11.9. The Bertz CT molecular complexity index is 573. The van der Waals surface area contributed by atoms with Gasteiger partial charge in [-0.1, -0.05) is 36.9 Å². The summed E-state index contributed by atoms with van der Waals surface area (Å²) in [6.07, 6.45) is 1.85. The highest BCUT2D eigenvalue weighted by Crippen LogP contribution is 2.22. The van der Waals surface area contributed by atoms with Crippen molar-refractivity contribution in [2.45, 2.75) is 19.8 Å². The first-order valence-corrected chi connectivity index (χ1v) is 9.53. The molecule has 5 nitrogen and oxygen atoms in total. The summed E-state index contributed by atoms with van der Waals surface area (Å²) < 4.78 is 6.12. The molecule has 0 saturated carbocycles. The van der Waals surface area contributed by atoms with Crippen molar-refractivity contribution < 1.29 is 14.3 Å². The second-order valence-corrected chi connectivity index (χ2v) is 7.21. The minimum Gasteiger partial charge on any atom is -0.462 e. The molecular formula is C16H20N2O3S2. The van der Waals surface area contributed by atoms with Crippen LogP contribution in [0.15, 0.2) is 29.3 Å². The number of hydrogen-bond donors (Lipinski definition) is 1. The van der Waals surface area contributed by atoms with Gasteiger partial charge in [-0.15, -0.1) is 0 Å². The Morgan fingerprint density at radius 2 is 2.13 bits per heavy atom. The quantitative estimate of drug-likeness (QED) is 0.601. The number of benzene rings is 1. The van der Waals surface area contributed by atoms with E-state index in [9.17, 15) is 9.59 Å². The molecule has 0 aliphatic carbocycles. The van der Waals surface area contributed by atoms with E-state index in [0.29, 0.717) is 23.6 Å². The zero-order valence-corrected chi connectivity index (χ0v) is 14.7. The lowest BCUT2D eigenvalue weighted by Gasteiger charge is -2.07. The van der Waals surface area contributed by atoms with Crippen LogP contribution in [0.2, 0.25) is 0 Å². The van der Waals surface area contributed by atoms with Crippen LogP contribution in [0, 0.1) is 0 Å². The molecule has 2 rings (SSSR count). The number of esters is 1. The third-order valence-corrected chi connectivity index (χ3v) is 5.27. The number of rotatable bonds is 7. The fourth-order valence-corrected chi connectivity index (χ4v) is 3.62. The van der Waals surface area contributed by atoms with Gasteiger partial charge in [0.15, 0.2) is 0 Å². The smallest absolute Gasteiger partial charge is 0.338 e. The highest BCUT2D eigenvalue weighted by atomic mass is 32.2. The van der Waals surface area contributed by atoms with E-state index in [2.05, 4.69) is 10.3 Å². The van der Waals surface area contributed by atoms with E-state index in [-0.39, 0.29) is 11.9 Å². The third-order valence-electron chi connectivity index (χ3n) is 3.02. The normalized spacial score (nSPS) is 13.5. The molecule has 0 atom stereocenters. The number of anilines is 1. The van der Waals surface area contributed by atoms with E-state index in [4.69, 9.17) is 4.74 Å². The summed E-state index contributed by atoms with van der Waals surface area (Å²) in [4.78, 5) is 27.9. The average Bonchev–Trinajstić information content (AvgIpc) is 3.07. The number of thioether (sulfide) groups is 2. The molecule has 7 heteroatoms. The van der Waals surface area contributed by atoms with Gasteiger partial charge in [-0.25, -0.2) is 4.79 Å². The highest BCUT2D eigenvalue weighted by molar-refractivity contribution is 8.39. The Labute approximate surface area is 144 Å². The number of hydrogen-bond acceptors (Lipinski definition) is 6. The number of nitrogens with one attached hydrogen (secondary N) is 1. The lowest BCUT2D eigenvalue weighted by molar-refractivity contribution is -0.113. The van der Waals surface area contributed by atoms with Gasteiger partial charge in [-0.05, 0) is 30.7 Å². The van der Waals surface area contributed by atoms with E-state index in [1.165, 1.54) is 11.8 Å². The largest absolute Gasteiger partial charge is 0.462 e. The Morgan fingerprint density at radius 1 is 1.35 bits per heavy atom. The maximum Gasteiger partial charge on any atom is 0.338 e. The molecule has 23 heavy (non-hydrogen) atoms. The molecule has 0 unspecified atom stereocenters. The standard InChI is InChI=1S/C16H20N2O3S2/c1-2-3-9-21-15(20)12-4-6-13(7-5-12)18-14(19)11-23-16-17-8-10-22-16/h4-7H,2-3,8-11H2,1H3,(H,18,19). The molecule has 0 spiro atoms. The van der Waals surface area contributed by atoms with Gasteiger partial charge in [0, 0.05) is 11.4 Å². The summed E-state index contributed by atoms with van der Waals surface area (Å²) >= 11 is 3.14. The fraction of sp³-hybridized carbons (Fsp3) is 0.438. The second kappa shape index (κ2) is 9.62. The Hall–Kier alpha value is -1.47. The Morgan fingerprint density at radius 3 is 2.78 bits per heavy atom. The van der Waals surface area contributed by atoms with Gasteiger partial charge in [-0.2, -0.15) is 0 Å². The molecule has 1 N–H and O–H groups in total. The summed E-state index contributed by atoms with van der Waals surface area (Å²) in [5.74, 6) is 0.929. The molecule has 1 aromatic rings. The van der Waals surface area contributed by atoms with Crippen LogP contribution >= 0.6 is 23.5 Å². The van der Waals surface area contributed by atoms with Crippen molar-refractivity contribution in [2.75, 3.05) is 30.0 Å². The highest BCUT2D eigenvalue weighted by Gasteiger charge is 2.11. The molecule has 1 heterocycles. The maximum atomic E-state index is 11.9. The van der Waals surface area contributed by atoms with E-state index in [1.54, 1.807) is 36.0 Å². The van der Waals surface area contributed by atoms with Gasteiger partial charge >= 0.3 is 5.97 Å². The van der Waals surface area contributed by atoms with Crippen LogP contribution in [0.3, 0.4) is 0 Å². The van der Waals surface area contributed by atoms with Gasteiger partial charge < -0.3 is 10.1 Å². The number of carbonyl (C=O) groups is 2. The average molecular weight is 352 g/mol. The first-order chi connectivity index (χ1) is 11.2. The number of carbonyl (C=O) groups excluding carboxylic acids is 2. The molecule has 1 aliphatic rings. The topological polar surface area (TPSA) is 67.8 Å². The van der Waals surface area contributed by atoms with Crippen LogP contribution in [0.4, 0.5) is 5.69 Å². The molecule has 0 aromatic heterocycles. The van der Waals surface area contributed by atoms with Crippen LogP contribution in [-0.2, 0) is 9.53 Å². The number of aliphatic imine (C=N–C) groups is 1. The molecule has 0 radical (unpaired) electrons. The van der Waals surface area contributed by atoms with Crippen LogP contribution in [-0.4, -0.2) is 40.9 Å². The molecule has 124 valence electrons. The van der Waals surface area contributed by atoms with Crippen molar-refractivity contribution >= 4 is 45.5 Å². The van der Waals surface area contributed by atoms with Crippen molar-refractivity contribution in [3.05, 3.63) is 29.8 Å². The number of amides is 1. The first kappa shape index (κ1) is 17.9. The van der Waals surface area contributed by atoms with E-state index < -0.39 is 0 Å². The summed E-state index contributed by atoms with van der Waals surface area (Å²) in [6, 6.07) is 6.74. The second-order valence-electron chi connectivity index (χ2n) is 4.90. The van der Waals surface area contributed by atoms with Crippen LogP contribution in [0.1, 0.15) is 30.1 Å². The summed E-state index contributed by atoms with van der Waals surface area (Å²) in [5.41, 5.74) is 1.16. The van der Waals surface area contributed by atoms with Gasteiger partial charge in [0.05, 0.1) is 24.5 Å². The summed E-state index contributed by atoms with van der Waals surface area (Å²) in [7, 11) is 0. The van der Waals surface area contributed by atoms with Crippen molar-refractivity contribution in [3.63, 3.8) is 0 Å². The van der Waals surface area contributed by atoms with Crippen molar-refractivity contribution in [3.8, 4) is 0 Å². The van der Waals surface area contributed by atoms with Gasteiger partial charge in [0.2, 0.25) is 5.91 Å². The summed E-state index contributed by atoms with van der Waals surface area (Å²) in [5, 5.41) is 2.81. The lowest BCUT2D eigenvalue weighted by Crippen LogP contribution is -2.15. The molecule has 0 fully saturated rings. The van der Waals surface area contributed by atoms with E-state index in [1.807, 2.05) is 6.92 Å². The lowest BCUT2D eigenvalue weighted by atomic mass is 10.2.